The van der Waals surface area contributed by atoms with E-state index in [9.17, 15) is 14.9 Å². The molecule has 1 aromatic rings. The van der Waals surface area contributed by atoms with Gasteiger partial charge in [-0.1, -0.05) is 0 Å². The number of nitriles is 1. The van der Waals surface area contributed by atoms with E-state index in [2.05, 4.69) is 21.2 Å². The minimum atomic E-state index is -0.125. The van der Waals surface area contributed by atoms with Crippen LogP contribution in [0.4, 0.5) is 5.82 Å². The number of ether oxygens (including phenoxy) is 2. The lowest BCUT2D eigenvalue weighted by Gasteiger charge is -2.35. The molecule has 0 aliphatic carbocycles. The highest BCUT2D eigenvalue weighted by atomic mass is 16.5. The molecule has 4 rings (SSSR count). The maximum Gasteiger partial charge on any atom is 0.239 e. The highest BCUT2D eigenvalue weighted by Crippen LogP contribution is 2.28. The molecule has 1 atom stereocenters. The molecule has 0 radical (unpaired) electrons. The molecule has 0 spiro atoms. The molecule has 10 nitrogen and oxygen atoms in total. The molecule has 3 aliphatic heterocycles. The molecule has 1 aromatic heterocycles. The zero-order valence-electron chi connectivity index (χ0n) is 20.3. The minimum absolute atomic E-state index is 0.112. The zero-order valence-corrected chi connectivity index (χ0v) is 20.3. The number of hydrogen-bond donors (Lipinski definition) is 1. The smallest absolute Gasteiger partial charge is 0.239 e. The van der Waals surface area contributed by atoms with E-state index in [1.54, 1.807) is 0 Å². The van der Waals surface area contributed by atoms with Crippen molar-refractivity contribution in [1.82, 2.24) is 19.3 Å². The SMILES string of the molecule is Cc1c(C#N)c(NC(=O)CN2CCN(CC(=O)N3CCOCC3)CC2)n(C[C@@H]2CCCO2)c1C. The normalized spacial score (nSPS) is 22.0. The van der Waals surface area contributed by atoms with Crippen molar-refractivity contribution in [2.24, 2.45) is 0 Å². The van der Waals surface area contributed by atoms with Gasteiger partial charge in [0.15, 0.2) is 0 Å². The second-order valence-corrected chi connectivity index (χ2v) is 9.39. The molecule has 3 saturated heterocycles. The summed E-state index contributed by atoms with van der Waals surface area (Å²) in [6.07, 6.45) is 2.14. The van der Waals surface area contributed by atoms with Crippen molar-refractivity contribution in [3.63, 3.8) is 0 Å². The number of aromatic nitrogens is 1. The van der Waals surface area contributed by atoms with E-state index in [1.807, 2.05) is 23.3 Å². The van der Waals surface area contributed by atoms with Crippen molar-refractivity contribution in [3.05, 3.63) is 16.8 Å². The molecule has 0 aromatic carbocycles. The number of piperazine rings is 1. The van der Waals surface area contributed by atoms with Gasteiger partial charge in [-0.25, -0.2) is 0 Å². The first-order chi connectivity index (χ1) is 16.5. The Balaban J connectivity index is 1.30. The molecule has 4 heterocycles. The molecule has 34 heavy (non-hydrogen) atoms. The van der Waals surface area contributed by atoms with Crippen LogP contribution in [-0.4, -0.2) is 109 Å². The molecule has 0 unspecified atom stereocenters. The van der Waals surface area contributed by atoms with Gasteiger partial charge in [-0.15, -0.1) is 0 Å². The number of hydrogen-bond acceptors (Lipinski definition) is 7. The van der Waals surface area contributed by atoms with Crippen LogP contribution in [0.1, 0.15) is 29.7 Å². The number of nitrogens with one attached hydrogen (secondary N) is 1. The van der Waals surface area contributed by atoms with Crippen LogP contribution >= 0.6 is 0 Å². The lowest BCUT2D eigenvalue weighted by molar-refractivity contribution is -0.137. The molecule has 3 aliphatic rings. The van der Waals surface area contributed by atoms with Crippen LogP contribution in [0.2, 0.25) is 0 Å². The summed E-state index contributed by atoms with van der Waals surface area (Å²) in [5.74, 6) is 0.601. The van der Waals surface area contributed by atoms with Gasteiger partial charge in [0.05, 0.1) is 44.5 Å². The molecule has 1 N–H and O–H groups in total. The number of amides is 2. The van der Waals surface area contributed by atoms with Crippen molar-refractivity contribution >= 4 is 17.6 Å². The molecule has 3 fully saturated rings. The standard InChI is InChI=1S/C24H36N6O4/c1-18-19(2)30(15-20-4-3-11-34-20)24(21(18)14-25)26-22(31)16-27-5-7-28(8-6-27)17-23(32)29-9-12-33-13-10-29/h20H,3-13,15-17H2,1-2H3,(H,26,31)/t20-/m0/s1. The van der Waals surface area contributed by atoms with Crippen LogP contribution in [0, 0.1) is 25.2 Å². The summed E-state index contributed by atoms with van der Waals surface area (Å²) in [5.41, 5.74) is 2.41. The number of nitrogens with zero attached hydrogens (tertiary/aromatic N) is 5. The maximum absolute atomic E-state index is 12.9. The van der Waals surface area contributed by atoms with Gasteiger partial charge in [-0.05, 0) is 32.3 Å². The fourth-order valence-electron chi connectivity index (χ4n) is 4.93. The monoisotopic (exact) mass is 472 g/mol. The Morgan fingerprint density at radius 1 is 1.03 bits per heavy atom. The van der Waals surface area contributed by atoms with Gasteiger partial charge in [0.1, 0.15) is 11.9 Å². The van der Waals surface area contributed by atoms with Gasteiger partial charge >= 0.3 is 0 Å². The second kappa shape index (κ2) is 11.3. The number of carbonyl (C=O) groups is 2. The summed E-state index contributed by atoms with van der Waals surface area (Å²) in [4.78, 5) is 31.5. The van der Waals surface area contributed by atoms with E-state index in [0.717, 1.165) is 56.9 Å². The van der Waals surface area contributed by atoms with Crippen molar-refractivity contribution < 1.29 is 19.1 Å². The lowest BCUT2D eigenvalue weighted by atomic mass is 10.2. The van der Waals surface area contributed by atoms with E-state index in [0.29, 0.717) is 50.8 Å². The molecular formula is C24H36N6O4. The van der Waals surface area contributed by atoms with E-state index >= 15 is 0 Å². The second-order valence-electron chi connectivity index (χ2n) is 9.39. The van der Waals surface area contributed by atoms with Crippen molar-refractivity contribution in [3.8, 4) is 6.07 Å². The molecule has 2 amide bonds. The maximum atomic E-state index is 12.9. The summed E-state index contributed by atoms with van der Waals surface area (Å²) in [6.45, 7) is 11.5. The van der Waals surface area contributed by atoms with Crippen LogP contribution in [0.15, 0.2) is 0 Å². The fraction of sp³-hybridized carbons (Fsp3) is 0.708. The first kappa shape index (κ1) is 24.7. The summed E-state index contributed by atoms with van der Waals surface area (Å²) in [5, 5.41) is 12.7. The van der Waals surface area contributed by atoms with Gasteiger partial charge in [-0.2, -0.15) is 5.26 Å². The summed E-state index contributed by atoms with van der Waals surface area (Å²) in [6, 6.07) is 2.27. The third-order valence-corrected chi connectivity index (χ3v) is 7.16. The molecule has 10 heteroatoms. The van der Waals surface area contributed by atoms with Crippen molar-refractivity contribution in [2.45, 2.75) is 39.3 Å². The summed E-state index contributed by atoms with van der Waals surface area (Å²) < 4.78 is 13.1. The van der Waals surface area contributed by atoms with Crippen LogP contribution < -0.4 is 5.32 Å². The van der Waals surface area contributed by atoms with Gasteiger partial charge in [-0.3, -0.25) is 19.4 Å². The highest BCUT2D eigenvalue weighted by Gasteiger charge is 2.26. The topological polar surface area (TPSA) is 103 Å². The van der Waals surface area contributed by atoms with Crippen LogP contribution in [0.3, 0.4) is 0 Å². The van der Waals surface area contributed by atoms with Gasteiger partial charge in [0.2, 0.25) is 11.8 Å². The van der Waals surface area contributed by atoms with E-state index in [4.69, 9.17) is 9.47 Å². The minimum Gasteiger partial charge on any atom is -0.378 e. The molecular weight excluding hydrogens is 436 g/mol. The van der Waals surface area contributed by atoms with Crippen molar-refractivity contribution in [1.29, 1.82) is 5.26 Å². The van der Waals surface area contributed by atoms with Gasteiger partial charge in [0, 0.05) is 51.6 Å². The lowest BCUT2D eigenvalue weighted by Crippen LogP contribution is -2.52. The third-order valence-electron chi connectivity index (χ3n) is 7.16. The number of anilines is 1. The summed E-state index contributed by atoms with van der Waals surface area (Å²) >= 11 is 0. The largest absolute Gasteiger partial charge is 0.378 e. The van der Waals surface area contributed by atoms with Gasteiger partial charge in [0.25, 0.3) is 0 Å². The van der Waals surface area contributed by atoms with Crippen molar-refractivity contribution in [2.75, 3.05) is 77.5 Å². The predicted octanol–water partition coefficient (Wildman–Crippen LogP) is 0.571. The van der Waals surface area contributed by atoms with E-state index in [-0.39, 0.29) is 24.5 Å². The molecule has 186 valence electrons. The Hall–Kier alpha value is -2.45. The molecule has 0 bridgehead atoms. The Labute approximate surface area is 201 Å². The van der Waals surface area contributed by atoms with E-state index in [1.165, 1.54) is 0 Å². The quantitative estimate of drug-likeness (QED) is 0.619. The van der Waals surface area contributed by atoms with Crippen LogP contribution in [0.5, 0.6) is 0 Å². The Bertz CT molecular complexity index is 919. The average Bonchev–Trinajstić information content (AvgIpc) is 3.43. The Morgan fingerprint density at radius 2 is 1.71 bits per heavy atom. The fourth-order valence-corrected chi connectivity index (χ4v) is 4.93. The Kier molecular flexibility index (Phi) is 8.21. The van der Waals surface area contributed by atoms with Crippen LogP contribution in [0.25, 0.3) is 0 Å². The van der Waals surface area contributed by atoms with Gasteiger partial charge < -0.3 is 24.3 Å². The Morgan fingerprint density at radius 3 is 2.32 bits per heavy atom. The highest BCUT2D eigenvalue weighted by molar-refractivity contribution is 5.93. The number of carbonyl (C=O) groups excluding carboxylic acids is 2. The zero-order chi connectivity index (χ0) is 24.1. The average molecular weight is 473 g/mol. The molecule has 0 saturated carbocycles. The number of morpholine rings is 1. The van der Waals surface area contributed by atoms with Crippen LogP contribution in [-0.2, 0) is 25.6 Å². The van der Waals surface area contributed by atoms with E-state index < -0.39 is 0 Å². The predicted molar refractivity (Wildman–Crippen MR) is 127 cm³/mol. The number of rotatable bonds is 7. The summed E-state index contributed by atoms with van der Waals surface area (Å²) in [7, 11) is 0. The first-order valence-electron chi connectivity index (χ1n) is 12.3. The first-order valence-corrected chi connectivity index (χ1v) is 12.3. The third kappa shape index (κ3) is 5.78.